The van der Waals surface area contributed by atoms with Gasteiger partial charge in [0.1, 0.15) is 0 Å². The molecule has 120 valence electrons. The van der Waals surface area contributed by atoms with E-state index in [2.05, 4.69) is 0 Å². The summed E-state index contributed by atoms with van der Waals surface area (Å²) in [6, 6.07) is 0. The van der Waals surface area contributed by atoms with Crippen molar-refractivity contribution in [3.63, 3.8) is 0 Å². The third kappa shape index (κ3) is 4.92. The highest BCUT2D eigenvalue weighted by atomic mass is 16.7. The van der Waals surface area contributed by atoms with E-state index >= 15 is 0 Å². The third-order valence-electron chi connectivity index (χ3n) is 3.49. The summed E-state index contributed by atoms with van der Waals surface area (Å²) in [6.07, 6.45) is -0.375. The maximum Gasteiger partial charge on any atom is 0.303 e. The molecule has 2 aliphatic heterocycles. The SMILES string of the molecule is O=C(O)CCC1OCC2(CO1)COC(CCC(=O)O)O[9CH2]2. The average molecular weight is 301 g/mol. The number of hydrogen-bond acceptors (Lipinski definition) is 6. The largest absolute Gasteiger partial charge is 0.481 e. The van der Waals surface area contributed by atoms with Crippen LogP contribution < -0.4 is 0 Å². The summed E-state index contributed by atoms with van der Waals surface area (Å²) in [4.78, 5) is 21.0. The molecule has 0 aromatic rings. The Morgan fingerprint density at radius 2 is 1.43 bits per heavy atom. The molecule has 0 aromatic carbocycles. The molecule has 8 heteroatoms. The Labute approximate surface area is 121 Å². The second-order valence-electron chi connectivity index (χ2n) is 5.47. The van der Waals surface area contributed by atoms with E-state index in [9.17, 15) is 9.59 Å². The summed E-state index contributed by atoms with van der Waals surface area (Å²) < 4.78 is 22.1. The van der Waals surface area contributed by atoms with E-state index in [4.69, 9.17) is 29.2 Å². The van der Waals surface area contributed by atoms with Crippen LogP contribution >= 0.6 is 0 Å². The summed E-state index contributed by atoms with van der Waals surface area (Å²) in [5.41, 5.74) is -0.389. The molecule has 1 unspecified atom stereocenters. The first-order valence-electron chi connectivity index (χ1n) is 6.89. The molecule has 1 spiro atoms. The molecule has 0 aliphatic carbocycles. The standard InChI is InChI=1S/C13H20O8/c14-9(15)1-3-11-18-5-13(6-19-11)7-20-12(21-8-13)4-2-10(16)17/h11-12H,1-8H2,(H,14,15)(H,16,17)/i5-3. The molecule has 0 bridgehead atoms. The van der Waals surface area contributed by atoms with Crippen molar-refractivity contribution < 1.29 is 38.7 Å². The maximum absolute atomic E-state index is 10.5. The first-order chi connectivity index (χ1) is 9.99. The highest BCUT2D eigenvalue weighted by Gasteiger charge is 2.41. The van der Waals surface area contributed by atoms with E-state index in [1.54, 1.807) is 0 Å². The molecular weight excluding hydrogens is 281 g/mol. The van der Waals surface area contributed by atoms with E-state index in [1.807, 2.05) is 0 Å². The molecule has 8 nitrogen and oxygen atoms in total. The first kappa shape index (κ1) is 16.2. The minimum atomic E-state index is -0.881. The molecule has 0 aromatic heterocycles. The summed E-state index contributed by atoms with van der Waals surface area (Å²) in [6.45, 7) is 1.51. The van der Waals surface area contributed by atoms with Gasteiger partial charge in [-0.2, -0.15) is 0 Å². The van der Waals surface area contributed by atoms with E-state index < -0.39 is 24.5 Å². The molecule has 2 N–H and O–H groups in total. The summed E-state index contributed by atoms with van der Waals surface area (Å²) in [5, 5.41) is 17.2. The van der Waals surface area contributed by atoms with Gasteiger partial charge in [0.2, 0.25) is 0 Å². The summed E-state index contributed by atoms with van der Waals surface area (Å²) in [7, 11) is 0. The Bertz CT molecular complexity index is 327. The van der Waals surface area contributed by atoms with Crippen LogP contribution in [0, 0.1) is 5.41 Å². The Kier molecular flexibility index (Phi) is 5.51. The molecule has 0 amide bonds. The van der Waals surface area contributed by atoms with Crippen LogP contribution in [-0.4, -0.2) is 61.2 Å². The smallest absolute Gasteiger partial charge is 0.303 e. The molecule has 21 heavy (non-hydrogen) atoms. The lowest BCUT2D eigenvalue weighted by atomic mass is 8.51. The Morgan fingerprint density at radius 3 is 1.90 bits per heavy atom. The number of hydrogen-bond donors (Lipinski definition) is 2. The van der Waals surface area contributed by atoms with Crippen LogP contribution in [-0.2, 0) is 28.5 Å². The number of carbonyl (C=O) groups is 2. The van der Waals surface area contributed by atoms with Crippen molar-refractivity contribution in [1.29, 1.82) is 0 Å². The molecule has 2 aliphatic rings. The van der Waals surface area contributed by atoms with Crippen LogP contribution in [0.25, 0.3) is 0 Å². The van der Waals surface area contributed by atoms with Crippen molar-refractivity contribution in [2.45, 2.75) is 38.3 Å². The normalized spacial score (nSPS) is 33.0. The predicted molar refractivity (Wildman–Crippen MR) is 67.6 cm³/mol. The van der Waals surface area contributed by atoms with Crippen molar-refractivity contribution in [2.75, 3.05) is 26.4 Å². The van der Waals surface area contributed by atoms with Gasteiger partial charge in [-0.3, -0.25) is 9.59 Å². The molecule has 1 atom stereocenters. The lowest BCUT2D eigenvalue weighted by molar-refractivity contribution is -0.304. The Morgan fingerprint density at radius 1 is 0.952 bits per heavy atom. The van der Waals surface area contributed by atoms with Gasteiger partial charge in [-0.05, 0) is 0 Å². The lowest BCUT2D eigenvalue weighted by Crippen LogP contribution is -2.52. The number of rotatable bonds is 6. The van der Waals surface area contributed by atoms with Crippen molar-refractivity contribution in [2.24, 2.45) is 5.41 Å². The highest BCUT2D eigenvalue weighted by Crippen LogP contribution is 2.31. The third-order valence-corrected chi connectivity index (χ3v) is 3.49. The average Bonchev–Trinajstić information content (AvgIpc) is 2.46. The summed E-state index contributed by atoms with van der Waals surface area (Å²) in [5.74, 6) is -1.76. The molecule has 0 radical (unpaired) electrons. The number of carboxylic acid groups (broad SMARTS) is 2. The second kappa shape index (κ2) is 7.17. The van der Waals surface area contributed by atoms with E-state index in [-0.39, 0.29) is 18.3 Å². The van der Waals surface area contributed by atoms with Crippen LogP contribution in [0.15, 0.2) is 0 Å². The second-order valence-corrected chi connectivity index (χ2v) is 5.47. The van der Waals surface area contributed by atoms with Crippen molar-refractivity contribution in [1.82, 2.24) is 0 Å². The van der Waals surface area contributed by atoms with E-state index in [1.165, 1.54) is 0 Å². The van der Waals surface area contributed by atoms with Gasteiger partial charge in [-0.1, -0.05) is 0 Å². The van der Waals surface area contributed by atoms with Gasteiger partial charge in [0, 0.05) is 12.8 Å². The van der Waals surface area contributed by atoms with Crippen LogP contribution in [0.1, 0.15) is 25.7 Å². The number of ether oxygens (including phenoxy) is 4. The lowest BCUT2D eigenvalue weighted by Gasteiger charge is -2.43. The van der Waals surface area contributed by atoms with Gasteiger partial charge in [-0.15, -0.1) is 0 Å². The van der Waals surface area contributed by atoms with Gasteiger partial charge in [-0.25, -0.2) is 0 Å². The monoisotopic (exact) mass is 301 g/mol. The van der Waals surface area contributed by atoms with E-state index in [0.29, 0.717) is 39.3 Å². The fraction of sp³-hybridized carbons (Fsp3) is 0.846. The molecule has 2 heterocycles. The van der Waals surface area contributed by atoms with Gasteiger partial charge in [0.05, 0.1) is 44.7 Å². The zero-order chi connectivity index (χ0) is 15.3. The van der Waals surface area contributed by atoms with Gasteiger partial charge in [0.25, 0.3) is 0 Å². The fourth-order valence-corrected chi connectivity index (χ4v) is 2.24. The molecule has 2 saturated heterocycles. The predicted octanol–water partition coefficient (Wildman–Crippen LogP) is 0.448. The van der Waals surface area contributed by atoms with Crippen molar-refractivity contribution >= 4 is 11.9 Å². The van der Waals surface area contributed by atoms with Crippen LogP contribution in [0.2, 0.25) is 0 Å². The zero-order valence-corrected chi connectivity index (χ0v) is 11.7. The molecule has 0 saturated carbocycles. The first-order valence-corrected chi connectivity index (χ1v) is 6.89. The van der Waals surface area contributed by atoms with E-state index in [0.717, 1.165) is 0 Å². The molecular formula is C13H20O8. The molecule has 2 rings (SSSR count). The van der Waals surface area contributed by atoms with Crippen molar-refractivity contribution in [3.8, 4) is 0 Å². The fourth-order valence-electron chi connectivity index (χ4n) is 2.24. The highest BCUT2D eigenvalue weighted by molar-refractivity contribution is 5.66. The van der Waals surface area contributed by atoms with Crippen LogP contribution in [0.3, 0.4) is 0 Å². The van der Waals surface area contributed by atoms with Gasteiger partial charge >= 0.3 is 11.9 Å². The summed E-state index contributed by atoms with van der Waals surface area (Å²) >= 11 is 0. The van der Waals surface area contributed by atoms with Crippen molar-refractivity contribution in [3.05, 3.63) is 0 Å². The van der Waals surface area contributed by atoms with Crippen LogP contribution in [0.5, 0.6) is 0 Å². The topological polar surface area (TPSA) is 112 Å². The minimum Gasteiger partial charge on any atom is -0.481 e. The number of carboxylic acids is 2. The van der Waals surface area contributed by atoms with Crippen LogP contribution in [0.4, 0.5) is 0 Å². The minimum absolute atomic E-state index is 0.00191. The Hall–Kier alpha value is -1.22. The van der Waals surface area contributed by atoms with Gasteiger partial charge < -0.3 is 29.2 Å². The molecule has 2 fully saturated rings. The quantitative estimate of drug-likeness (QED) is 0.727. The number of aliphatic carboxylic acids is 2. The maximum atomic E-state index is 10.5. The van der Waals surface area contributed by atoms with Gasteiger partial charge in [0.15, 0.2) is 12.6 Å². The zero-order valence-electron chi connectivity index (χ0n) is 11.7. The Balaban J connectivity index is 1.70.